The highest BCUT2D eigenvalue weighted by molar-refractivity contribution is 5.74. The zero-order valence-electron chi connectivity index (χ0n) is 13.3. The second kappa shape index (κ2) is 7.21. The number of piperazine rings is 1. The Morgan fingerprint density at radius 2 is 2.00 bits per heavy atom. The van der Waals surface area contributed by atoms with Crippen molar-refractivity contribution in [2.75, 3.05) is 33.3 Å². The predicted octanol–water partition coefficient (Wildman–Crippen LogP) is 2.85. The van der Waals surface area contributed by atoms with E-state index in [4.69, 9.17) is 4.74 Å². The van der Waals surface area contributed by atoms with Gasteiger partial charge in [0, 0.05) is 38.7 Å². The third-order valence-electron chi connectivity index (χ3n) is 4.08. The van der Waals surface area contributed by atoms with Gasteiger partial charge in [0.2, 0.25) is 5.91 Å². The van der Waals surface area contributed by atoms with Crippen LogP contribution in [0.2, 0.25) is 0 Å². The molecular formula is C16H21F3N2O2. The average Bonchev–Trinajstić information content (AvgIpc) is 2.51. The fourth-order valence-corrected chi connectivity index (χ4v) is 2.91. The Bertz CT molecular complexity index is 548. The topological polar surface area (TPSA) is 32.8 Å². The number of hydrogen-bond donors (Lipinski definition) is 0. The number of benzene rings is 1. The maximum atomic E-state index is 12.4. The van der Waals surface area contributed by atoms with Crippen LogP contribution < -0.4 is 4.74 Å². The number of ether oxygens (including phenoxy) is 1. The van der Waals surface area contributed by atoms with Gasteiger partial charge in [-0.3, -0.25) is 9.69 Å². The first-order chi connectivity index (χ1) is 10.8. The Kier molecular flexibility index (Phi) is 5.51. The largest absolute Gasteiger partial charge is 0.496 e. The minimum absolute atomic E-state index is 0.0547. The molecule has 1 fully saturated rings. The van der Waals surface area contributed by atoms with Crippen LogP contribution in [0.3, 0.4) is 0 Å². The van der Waals surface area contributed by atoms with Gasteiger partial charge >= 0.3 is 6.18 Å². The van der Waals surface area contributed by atoms with Gasteiger partial charge in [-0.1, -0.05) is 18.2 Å². The molecule has 128 valence electrons. The van der Waals surface area contributed by atoms with Crippen LogP contribution in [-0.2, 0) is 4.79 Å². The first kappa shape index (κ1) is 17.6. The molecule has 0 aromatic heterocycles. The van der Waals surface area contributed by atoms with Crippen LogP contribution in [-0.4, -0.2) is 55.2 Å². The summed E-state index contributed by atoms with van der Waals surface area (Å²) in [4.78, 5) is 15.3. The number of halogens is 3. The van der Waals surface area contributed by atoms with Gasteiger partial charge < -0.3 is 9.64 Å². The Balaban J connectivity index is 2.19. The van der Waals surface area contributed by atoms with E-state index >= 15 is 0 Å². The van der Waals surface area contributed by atoms with E-state index < -0.39 is 12.6 Å². The van der Waals surface area contributed by atoms with E-state index in [1.165, 1.54) is 6.92 Å². The van der Waals surface area contributed by atoms with E-state index in [9.17, 15) is 18.0 Å². The molecule has 0 N–H and O–H groups in total. The van der Waals surface area contributed by atoms with E-state index in [1.54, 1.807) is 23.0 Å². The predicted molar refractivity (Wildman–Crippen MR) is 80.2 cm³/mol. The molecule has 1 aromatic rings. The molecule has 2 rings (SSSR count). The molecule has 0 aliphatic carbocycles. The van der Waals surface area contributed by atoms with E-state index in [1.807, 2.05) is 18.2 Å². The molecule has 23 heavy (non-hydrogen) atoms. The van der Waals surface area contributed by atoms with Gasteiger partial charge in [-0.15, -0.1) is 0 Å². The van der Waals surface area contributed by atoms with Crippen LogP contribution in [0.15, 0.2) is 24.3 Å². The molecule has 0 saturated carbocycles. The van der Waals surface area contributed by atoms with Crippen LogP contribution in [0.4, 0.5) is 13.2 Å². The van der Waals surface area contributed by atoms with Gasteiger partial charge in [-0.2, -0.15) is 13.2 Å². The highest BCUT2D eigenvalue weighted by atomic mass is 19.4. The molecule has 1 unspecified atom stereocenters. The van der Waals surface area contributed by atoms with Gasteiger partial charge in [0.15, 0.2) is 0 Å². The van der Waals surface area contributed by atoms with Gasteiger partial charge in [-0.05, 0) is 6.07 Å². The van der Waals surface area contributed by atoms with Crippen molar-refractivity contribution in [2.24, 2.45) is 0 Å². The first-order valence-electron chi connectivity index (χ1n) is 7.51. The van der Waals surface area contributed by atoms with E-state index in [2.05, 4.69) is 0 Å². The summed E-state index contributed by atoms with van der Waals surface area (Å²) in [5.74, 6) is 0.554. The molecule has 4 nitrogen and oxygen atoms in total. The minimum Gasteiger partial charge on any atom is -0.496 e. The van der Waals surface area contributed by atoms with Crippen LogP contribution >= 0.6 is 0 Å². The summed E-state index contributed by atoms with van der Waals surface area (Å²) in [6, 6.07) is 7.01. The Morgan fingerprint density at radius 1 is 1.30 bits per heavy atom. The third-order valence-corrected chi connectivity index (χ3v) is 4.08. The van der Waals surface area contributed by atoms with Crippen LogP contribution in [0, 0.1) is 0 Å². The molecule has 1 aliphatic rings. The SMILES string of the molecule is COc1ccccc1C1CN(CCC(F)(F)F)CCN1C(C)=O. The molecule has 0 spiro atoms. The summed E-state index contributed by atoms with van der Waals surface area (Å²) < 4.78 is 42.7. The highest BCUT2D eigenvalue weighted by Crippen LogP contribution is 2.32. The molecule has 1 atom stereocenters. The molecule has 1 heterocycles. The molecular weight excluding hydrogens is 309 g/mol. The summed E-state index contributed by atoms with van der Waals surface area (Å²) in [5, 5.41) is 0. The molecule has 1 saturated heterocycles. The van der Waals surface area contributed by atoms with E-state index in [0.717, 1.165) is 5.56 Å². The minimum atomic E-state index is -4.17. The zero-order valence-corrected chi connectivity index (χ0v) is 13.3. The van der Waals surface area contributed by atoms with Crippen molar-refractivity contribution >= 4 is 5.91 Å². The van der Waals surface area contributed by atoms with Gasteiger partial charge in [-0.25, -0.2) is 0 Å². The van der Waals surface area contributed by atoms with Crippen LogP contribution in [0.25, 0.3) is 0 Å². The van der Waals surface area contributed by atoms with Crippen molar-refractivity contribution in [3.05, 3.63) is 29.8 Å². The van der Waals surface area contributed by atoms with Crippen molar-refractivity contribution in [3.63, 3.8) is 0 Å². The number of rotatable bonds is 4. The molecule has 1 amide bonds. The van der Waals surface area contributed by atoms with Crippen molar-refractivity contribution in [1.82, 2.24) is 9.80 Å². The van der Waals surface area contributed by atoms with Crippen molar-refractivity contribution in [1.29, 1.82) is 0 Å². The summed E-state index contributed by atoms with van der Waals surface area (Å²) in [7, 11) is 1.54. The Morgan fingerprint density at radius 3 is 2.61 bits per heavy atom. The third kappa shape index (κ3) is 4.60. The normalized spacial score (nSPS) is 19.7. The Labute approximate surface area is 133 Å². The zero-order chi connectivity index (χ0) is 17.0. The second-order valence-corrected chi connectivity index (χ2v) is 5.64. The lowest BCUT2D eigenvalue weighted by Crippen LogP contribution is -2.50. The smallest absolute Gasteiger partial charge is 0.390 e. The number of methoxy groups -OCH3 is 1. The summed E-state index contributed by atoms with van der Waals surface area (Å²) in [6.07, 6.45) is -5.01. The fraction of sp³-hybridized carbons (Fsp3) is 0.562. The molecule has 1 aromatic carbocycles. The fourth-order valence-electron chi connectivity index (χ4n) is 2.91. The van der Waals surface area contributed by atoms with Crippen LogP contribution in [0.1, 0.15) is 24.9 Å². The standard InChI is InChI=1S/C16H21F3N2O2/c1-12(22)21-10-9-20(8-7-16(17,18)19)11-14(21)13-5-3-4-6-15(13)23-2/h3-6,14H,7-11H2,1-2H3. The van der Waals surface area contributed by atoms with E-state index in [0.29, 0.717) is 25.4 Å². The van der Waals surface area contributed by atoms with Gasteiger partial charge in [0.25, 0.3) is 0 Å². The number of nitrogens with zero attached hydrogens (tertiary/aromatic N) is 2. The number of alkyl halides is 3. The maximum absolute atomic E-state index is 12.4. The summed E-state index contributed by atoms with van der Waals surface area (Å²) in [5.41, 5.74) is 0.821. The number of carbonyl (C=O) groups is 1. The van der Waals surface area contributed by atoms with Gasteiger partial charge in [0.05, 0.1) is 19.6 Å². The van der Waals surface area contributed by atoms with Crippen molar-refractivity contribution in [2.45, 2.75) is 25.6 Å². The number of carbonyl (C=O) groups excluding carboxylic acids is 1. The first-order valence-corrected chi connectivity index (χ1v) is 7.51. The van der Waals surface area contributed by atoms with E-state index in [-0.39, 0.29) is 18.5 Å². The molecule has 0 radical (unpaired) electrons. The monoisotopic (exact) mass is 330 g/mol. The number of para-hydroxylation sites is 1. The molecule has 1 aliphatic heterocycles. The Hall–Kier alpha value is -1.76. The number of amides is 1. The number of hydrogen-bond acceptors (Lipinski definition) is 3. The van der Waals surface area contributed by atoms with Crippen molar-refractivity contribution in [3.8, 4) is 5.75 Å². The van der Waals surface area contributed by atoms with Gasteiger partial charge in [0.1, 0.15) is 5.75 Å². The summed E-state index contributed by atoms with van der Waals surface area (Å²) in [6.45, 7) is 2.65. The average molecular weight is 330 g/mol. The molecule has 0 bridgehead atoms. The highest BCUT2D eigenvalue weighted by Gasteiger charge is 2.34. The lowest BCUT2D eigenvalue weighted by molar-refractivity contribution is -0.143. The lowest BCUT2D eigenvalue weighted by Gasteiger charge is -2.41. The molecule has 7 heteroatoms. The maximum Gasteiger partial charge on any atom is 0.390 e. The van der Waals surface area contributed by atoms with Crippen LogP contribution in [0.5, 0.6) is 5.75 Å². The quantitative estimate of drug-likeness (QED) is 0.851. The second-order valence-electron chi connectivity index (χ2n) is 5.64. The van der Waals surface area contributed by atoms with Crippen molar-refractivity contribution < 1.29 is 22.7 Å². The lowest BCUT2D eigenvalue weighted by atomic mass is 10.0. The summed E-state index contributed by atoms with van der Waals surface area (Å²) >= 11 is 0.